The summed E-state index contributed by atoms with van der Waals surface area (Å²) in [5.41, 5.74) is 0. The topological polar surface area (TPSA) is 127 Å². The van der Waals surface area contributed by atoms with Gasteiger partial charge in [0.15, 0.2) is 9.84 Å². The minimum Gasteiger partial charge on any atom is -0.480 e. The third-order valence-corrected chi connectivity index (χ3v) is 4.72. The van der Waals surface area contributed by atoms with E-state index in [1.165, 1.54) is 0 Å². The number of carbonyl (C=O) groups is 3. The zero-order valence-corrected chi connectivity index (χ0v) is 11.9. The molecule has 0 unspecified atom stereocenters. The van der Waals surface area contributed by atoms with Gasteiger partial charge in [-0.2, -0.15) is 0 Å². The third kappa shape index (κ3) is 4.51. The maximum Gasteiger partial charge on any atom is 0.326 e. The van der Waals surface area contributed by atoms with E-state index in [1.807, 2.05) is 5.32 Å². The molecule has 0 aromatic rings. The molecule has 0 aliphatic heterocycles. The summed E-state index contributed by atoms with van der Waals surface area (Å²) in [5.74, 6) is -3.28. The summed E-state index contributed by atoms with van der Waals surface area (Å²) in [5, 5.41) is 10.9. The van der Waals surface area contributed by atoms with Crippen LogP contribution in [0.25, 0.3) is 0 Å². The van der Waals surface area contributed by atoms with Crippen LogP contribution in [0.1, 0.15) is 20.3 Å². The summed E-state index contributed by atoms with van der Waals surface area (Å²) < 4.78 is 25.3. The van der Waals surface area contributed by atoms with E-state index >= 15 is 0 Å². The molecule has 8 nitrogen and oxygen atoms in total. The van der Waals surface area contributed by atoms with E-state index in [0.717, 1.165) is 27.2 Å². The minimum absolute atomic E-state index is 0.586. The lowest BCUT2D eigenvalue weighted by Gasteiger charge is -2.23. The molecule has 1 atom stereocenters. The van der Waals surface area contributed by atoms with Crippen molar-refractivity contribution in [2.45, 2.75) is 31.1 Å². The molecule has 0 aliphatic carbocycles. The lowest BCUT2D eigenvalue weighted by molar-refractivity contribution is -0.148. The molecule has 9 heteroatoms. The number of esters is 1. The normalized spacial score (nSPS) is 13.5. The number of rotatable bonds is 6. The third-order valence-electron chi connectivity index (χ3n) is 2.68. The summed E-state index contributed by atoms with van der Waals surface area (Å²) in [7, 11) is -2.66. The molecule has 0 heterocycles. The van der Waals surface area contributed by atoms with Gasteiger partial charge in [0.05, 0.1) is 13.5 Å². The Labute approximate surface area is 111 Å². The van der Waals surface area contributed by atoms with Gasteiger partial charge in [-0.05, 0) is 13.8 Å². The fourth-order valence-electron chi connectivity index (χ4n) is 0.951. The van der Waals surface area contributed by atoms with E-state index in [1.54, 1.807) is 0 Å². The molecule has 0 aromatic carbocycles. The molecule has 1 amide bonds. The Bertz CT molecular complexity index is 480. The Morgan fingerprint density at radius 1 is 1.32 bits per heavy atom. The zero-order chi connectivity index (χ0) is 15.4. The Hall–Kier alpha value is -1.64. The molecule has 0 radical (unpaired) electrons. The number of ether oxygens (including phenoxy) is 1. The number of carboxylic acid groups (broad SMARTS) is 1. The van der Waals surface area contributed by atoms with Gasteiger partial charge in [-0.25, -0.2) is 13.2 Å². The molecule has 0 aliphatic rings. The van der Waals surface area contributed by atoms with Crippen LogP contribution in [-0.2, 0) is 29.0 Å². The molecule has 0 bridgehead atoms. The lowest BCUT2D eigenvalue weighted by Crippen LogP contribution is -2.53. The molecule has 19 heavy (non-hydrogen) atoms. The maximum absolute atomic E-state index is 11.8. The summed E-state index contributed by atoms with van der Waals surface area (Å²) >= 11 is 0. The molecule has 0 aromatic heterocycles. The van der Waals surface area contributed by atoms with Gasteiger partial charge in [-0.1, -0.05) is 0 Å². The van der Waals surface area contributed by atoms with Crippen LogP contribution in [-0.4, -0.2) is 55.5 Å². The van der Waals surface area contributed by atoms with Gasteiger partial charge in [0.2, 0.25) is 5.91 Å². The molecule has 2 N–H and O–H groups in total. The van der Waals surface area contributed by atoms with Crippen LogP contribution >= 0.6 is 0 Å². The van der Waals surface area contributed by atoms with Crippen LogP contribution in [0.4, 0.5) is 0 Å². The van der Waals surface area contributed by atoms with Crippen molar-refractivity contribution < 1.29 is 32.6 Å². The SMILES string of the molecule is COC(=O)C[C@H](NC(=O)C(C)(C)S(C)(=O)=O)C(=O)O. The van der Waals surface area contributed by atoms with Crippen molar-refractivity contribution in [1.29, 1.82) is 0 Å². The average Bonchev–Trinajstić information content (AvgIpc) is 2.25. The van der Waals surface area contributed by atoms with Crippen molar-refractivity contribution in [3.05, 3.63) is 0 Å². The van der Waals surface area contributed by atoms with Crippen LogP contribution < -0.4 is 5.32 Å². The summed E-state index contributed by atoms with van der Waals surface area (Å²) in [6, 6.07) is -1.54. The molecular formula is C10H17NO7S. The van der Waals surface area contributed by atoms with Crippen molar-refractivity contribution in [3.63, 3.8) is 0 Å². The van der Waals surface area contributed by atoms with Crippen LogP contribution in [0.5, 0.6) is 0 Å². The van der Waals surface area contributed by atoms with E-state index in [-0.39, 0.29) is 0 Å². The number of hydrogen-bond acceptors (Lipinski definition) is 6. The fraction of sp³-hybridized carbons (Fsp3) is 0.700. The number of amides is 1. The van der Waals surface area contributed by atoms with Gasteiger partial charge in [-0.15, -0.1) is 0 Å². The van der Waals surface area contributed by atoms with Crippen molar-refractivity contribution >= 4 is 27.7 Å². The predicted molar refractivity (Wildman–Crippen MR) is 65.1 cm³/mol. The van der Waals surface area contributed by atoms with E-state index in [0.29, 0.717) is 0 Å². The average molecular weight is 295 g/mol. The maximum atomic E-state index is 11.8. The Balaban J connectivity index is 5.03. The first-order valence-electron chi connectivity index (χ1n) is 5.23. The standard InChI is InChI=1S/C10H17NO7S/c1-10(2,19(4,16)17)9(15)11-6(8(13)14)5-7(12)18-3/h6H,5H2,1-4H3,(H,11,15)(H,13,14)/t6-/m0/s1. The molecule has 0 rings (SSSR count). The summed E-state index contributed by atoms with van der Waals surface area (Å²) in [6.07, 6.45) is 0.278. The Kier molecular flexibility index (Phi) is 5.48. The van der Waals surface area contributed by atoms with Crippen molar-refractivity contribution in [1.82, 2.24) is 5.32 Å². The molecule has 0 fully saturated rings. The second kappa shape index (κ2) is 6.00. The van der Waals surface area contributed by atoms with Crippen molar-refractivity contribution in [2.24, 2.45) is 0 Å². The predicted octanol–water partition coefficient (Wildman–Crippen LogP) is -1.06. The van der Waals surface area contributed by atoms with E-state index in [9.17, 15) is 22.8 Å². The first kappa shape index (κ1) is 17.4. The Morgan fingerprint density at radius 3 is 2.11 bits per heavy atom. The van der Waals surface area contributed by atoms with Crippen LogP contribution in [0.2, 0.25) is 0 Å². The molecule has 0 saturated heterocycles. The monoisotopic (exact) mass is 295 g/mol. The number of nitrogens with one attached hydrogen (secondary N) is 1. The molecule has 110 valence electrons. The first-order chi connectivity index (χ1) is 8.43. The highest BCUT2D eigenvalue weighted by atomic mass is 32.2. The van der Waals surface area contributed by atoms with Gasteiger partial charge >= 0.3 is 11.9 Å². The van der Waals surface area contributed by atoms with Gasteiger partial charge in [-0.3, -0.25) is 9.59 Å². The van der Waals surface area contributed by atoms with Crippen molar-refractivity contribution in [2.75, 3.05) is 13.4 Å². The summed E-state index contributed by atoms with van der Waals surface area (Å²) in [4.78, 5) is 33.7. The molecular weight excluding hydrogens is 278 g/mol. The van der Waals surface area contributed by atoms with E-state index in [4.69, 9.17) is 5.11 Å². The highest BCUT2D eigenvalue weighted by molar-refractivity contribution is 7.92. The fourth-order valence-corrected chi connectivity index (χ4v) is 1.35. The zero-order valence-electron chi connectivity index (χ0n) is 11.1. The van der Waals surface area contributed by atoms with E-state index in [2.05, 4.69) is 4.74 Å². The van der Waals surface area contributed by atoms with Gasteiger partial charge in [0, 0.05) is 6.26 Å². The highest BCUT2D eigenvalue weighted by Gasteiger charge is 2.40. The van der Waals surface area contributed by atoms with Crippen molar-refractivity contribution in [3.8, 4) is 0 Å². The Morgan fingerprint density at radius 2 is 1.79 bits per heavy atom. The first-order valence-corrected chi connectivity index (χ1v) is 7.12. The second-order valence-electron chi connectivity index (χ2n) is 4.43. The van der Waals surface area contributed by atoms with Gasteiger partial charge in [0.1, 0.15) is 10.8 Å². The number of aliphatic carboxylic acids is 1. The number of carboxylic acids is 1. The quantitative estimate of drug-likeness (QED) is 0.598. The lowest BCUT2D eigenvalue weighted by atomic mass is 10.1. The molecule has 0 spiro atoms. The van der Waals surface area contributed by atoms with E-state index < -0.39 is 44.9 Å². The van der Waals surface area contributed by atoms with Crippen LogP contribution in [0.3, 0.4) is 0 Å². The van der Waals surface area contributed by atoms with Gasteiger partial charge in [0.25, 0.3) is 0 Å². The minimum atomic E-state index is -3.73. The molecule has 0 saturated carbocycles. The summed E-state index contributed by atoms with van der Waals surface area (Å²) in [6.45, 7) is 2.30. The number of hydrogen-bond donors (Lipinski definition) is 2. The number of carbonyl (C=O) groups excluding carboxylic acids is 2. The smallest absolute Gasteiger partial charge is 0.326 e. The van der Waals surface area contributed by atoms with Crippen LogP contribution in [0, 0.1) is 0 Å². The highest BCUT2D eigenvalue weighted by Crippen LogP contribution is 2.15. The van der Waals surface area contributed by atoms with Crippen LogP contribution in [0.15, 0.2) is 0 Å². The number of sulfone groups is 1. The van der Waals surface area contributed by atoms with Gasteiger partial charge < -0.3 is 15.2 Å². The largest absolute Gasteiger partial charge is 0.480 e. The second-order valence-corrected chi connectivity index (χ2v) is 6.99. The number of methoxy groups -OCH3 is 1.